The molecular weight excluding hydrogens is 381 g/mol. The molecule has 0 bridgehead atoms. The third-order valence-electron chi connectivity index (χ3n) is 4.07. The number of carbonyl (C=O) groups is 1. The highest BCUT2D eigenvalue weighted by Crippen LogP contribution is 2.32. The van der Waals surface area contributed by atoms with Gasteiger partial charge in [0.25, 0.3) is 0 Å². The molecule has 1 heterocycles. The Hall–Kier alpha value is -1.05. The van der Waals surface area contributed by atoms with E-state index < -0.39 is 36.4 Å². The number of rotatable bonds is 3. The molecule has 0 radical (unpaired) electrons. The minimum atomic E-state index is -1.09. The number of hydrogen-bond donors (Lipinski definition) is 2. The Morgan fingerprint density at radius 3 is 2.65 bits per heavy atom. The second-order valence-electron chi connectivity index (χ2n) is 7.29. The van der Waals surface area contributed by atoms with Crippen LogP contribution in [0.5, 0.6) is 0 Å². The van der Waals surface area contributed by atoms with Crippen LogP contribution in [0.2, 0.25) is 10.0 Å². The molecule has 0 saturated carbocycles. The van der Waals surface area contributed by atoms with Crippen molar-refractivity contribution >= 4 is 29.3 Å². The van der Waals surface area contributed by atoms with Crippen LogP contribution in [0.4, 0.5) is 4.79 Å². The van der Waals surface area contributed by atoms with Crippen molar-refractivity contribution in [3.05, 3.63) is 33.8 Å². The molecule has 0 spiro atoms. The summed E-state index contributed by atoms with van der Waals surface area (Å²) in [4.78, 5) is 14.0. The van der Waals surface area contributed by atoms with Gasteiger partial charge in [-0.3, -0.25) is 0 Å². The number of aliphatic hydroxyl groups excluding tert-OH is 2. The average Bonchev–Trinajstić information content (AvgIpc) is 2.78. The summed E-state index contributed by atoms with van der Waals surface area (Å²) in [5, 5.41) is 20.4. The summed E-state index contributed by atoms with van der Waals surface area (Å²) in [6.07, 6.45) is -2.23. The highest BCUT2D eigenvalue weighted by Gasteiger charge is 2.36. The molecule has 3 atom stereocenters. The van der Waals surface area contributed by atoms with Crippen LogP contribution in [0.15, 0.2) is 18.2 Å². The van der Waals surface area contributed by atoms with Crippen LogP contribution in [0.25, 0.3) is 0 Å². The Balaban J connectivity index is 2.32. The number of ether oxygens (including phenoxy) is 2. The minimum absolute atomic E-state index is 0.221. The molecule has 1 amide bonds. The van der Waals surface area contributed by atoms with Crippen LogP contribution in [0, 0.1) is 0 Å². The van der Waals surface area contributed by atoms with E-state index in [0.717, 1.165) is 5.56 Å². The van der Waals surface area contributed by atoms with Gasteiger partial charge in [0.1, 0.15) is 11.7 Å². The van der Waals surface area contributed by atoms with Crippen LogP contribution in [0.3, 0.4) is 0 Å². The van der Waals surface area contributed by atoms with Crippen molar-refractivity contribution in [2.45, 2.75) is 44.5 Å². The molecule has 1 aromatic rings. The van der Waals surface area contributed by atoms with E-state index in [1.54, 1.807) is 43.9 Å². The summed E-state index contributed by atoms with van der Waals surface area (Å²) in [6.45, 7) is 5.75. The van der Waals surface area contributed by atoms with Gasteiger partial charge in [0, 0.05) is 19.0 Å². The number of carbonyl (C=O) groups excluding carboxylic acids is 1. The van der Waals surface area contributed by atoms with Gasteiger partial charge >= 0.3 is 6.09 Å². The first-order chi connectivity index (χ1) is 12.1. The molecule has 2 N–H and O–H groups in total. The summed E-state index contributed by atoms with van der Waals surface area (Å²) in [5.41, 5.74) is 0.139. The van der Waals surface area contributed by atoms with E-state index in [2.05, 4.69) is 0 Å². The fourth-order valence-electron chi connectivity index (χ4n) is 2.86. The fourth-order valence-corrected chi connectivity index (χ4v) is 3.17. The van der Waals surface area contributed by atoms with E-state index >= 15 is 0 Å². The van der Waals surface area contributed by atoms with E-state index in [1.807, 2.05) is 0 Å². The predicted molar refractivity (Wildman–Crippen MR) is 99.8 cm³/mol. The molecular formula is C18H25Cl2NO5. The van der Waals surface area contributed by atoms with Gasteiger partial charge < -0.3 is 24.6 Å². The molecule has 1 saturated heterocycles. The third kappa shape index (κ3) is 5.47. The smallest absolute Gasteiger partial charge is 0.410 e. The predicted octanol–water partition coefficient (Wildman–Crippen LogP) is 3.07. The second kappa shape index (κ2) is 8.76. The molecule has 8 heteroatoms. The van der Waals surface area contributed by atoms with Crippen molar-refractivity contribution in [2.24, 2.45) is 0 Å². The topological polar surface area (TPSA) is 79.2 Å². The maximum absolute atomic E-state index is 12.5. The standard InChI is InChI=1S/C18H25Cl2NO5/c1-18(2,3)26-17(24)21-6-7-25-16(15(23)10-22)12(9-21)11-4-5-13(19)14(20)8-11/h4-5,8,12,15-16,22-23H,6-7,9-10H2,1-3H3/t12-,15-,16+/m0/s1. The van der Waals surface area contributed by atoms with Crippen LogP contribution >= 0.6 is 23.2 Å². The van der Waals surface area contributed by atoms with Crippen molar-refractivity contribution in [3.63, 3.8) is 0 Å². The first-order valence-corrected chi connectivity index (χ1v) is 9.21. The van der Waals surface area contributed by atoms with Gasteiger partial charge in [0.05, 0.1) is 29.4 Å². The molecule has 1 aromatic carbocycles. The highest BCUT2D eigenvalue weighted by atomic mass is 35.5. The zero-order valence-corrected chi connectivity index (χ0v) is 16.6. The quantitative estimate of drug-likeness (QED) is 0.807. The Labute approximate surface area is 163 Å². The van der Waals surface area contributed by atoms with Crippen molar-refractivity contribution in [1.29, 1.82) is 0 Å². The zero-order chi connectivity index (χ0) is 19.5. The largest absolute Gasteiger partial charge is 0.444 e. The maximum Gasteiger partial charge on any atom is 0.410 e. The van der Waals surface area contributed by atoms with E-state index in [1.165, 1.54) is 0 Å². The summed E-state index contributed by atoms with van der Waals surface area (Å²) >= 11 is 12.1. The Bertz CT molecular complexity index is 634. The average molecular weight is 406 g/mol. The lowest BCUT2D eigenvalue weighted by molar-refractivity contribution is -0.0610. The Morgan fingerprint density at radius 2 is 2.08 bits per heavy atom. The van der Waals surface area contributed by atoms with E-state index in [-0.39, 0.29) is 13.2 Å². The molecule has 0 unspecified atom stereocenters. The second-order valence-corrected chi connectivity index (χ2v) is 8.11. The van der Waals surface area contributed by atoms with Crippen molar-refractivity contribution in [1.82, 2.24) is 4.90 Å². The molecule has 0 aromatic heterocycles. The first-order valence-electron chi connectivity index (χ1n) is 8.46. The molecule has 2 rings (SSSR count). The van der Waals surface area contributed by atoms with Gasteiger partial charge in [-0.1, -0.05) is 29.3 Å². The molecule has 6 nitrogen and oxygen atoms in total. The van der Waals surface area contributed by atoms with Crippen molar-refractivity contribution < 1.29 is 24.5 Å². The zero-order valence-electron chi connectivity index (χ0n) is 15.1. The van der Waals surface area contributed by atoms with E-state index in [4.69, 9.17) is 32.7 Å². The number of halogens is 2. The summed E-state index contributed by atoms with van der Waals surface area (Å²) in [5.74, 6) is -0.401. The maximum atomic E-state index is 12.5. The normalized spacial score (nSPS) is 22.7. The van der Waals surface area contributed by atoms with Gasteiger partial charge in [-0.25, -0.2) is 4.79 Å². The monoisotopic (exact) mass is 405 g/mol. The number of benzene rings is 1. The lowest BCUT2D eigenvalue weighted by atomic mass is 9.90. The molecule has 1 aliphatic heterocycles. The van der Waals surface area contributed by atoms with E-state index in [0.29, 0.717) is 16.6 Å². The lowest BCUT2D eigenvalue weighted by Crippen LogP contribution is -2.42. The van der Waals surface area contributed by atoms with Crippen molar-refractivity contribution in [3.8, 4) is 0 Å². The van der Waals surface area contributed by atoms with Crippen LogP contribution in [-0.4, -0.2) is 65.3 Å². The highest BCUT2D eigenvalue weighted by molar-refractivity contribution is 6.42. The van der Waals surface area contributed by atoms with Gasteiger partial charge in [0.15, 0.2) is 0 Å². The van der Waals surface area contributed by atoms with Crippen LogP contribution in [0.1, 0.15) is 32.3 Å². The van der Waals surface area contributed by atoms with E-state index in [9.17, 15) is 15.0 Å². The lowest BCUT2D eigenvalue weighted by Gasteiger charge is -2.31. The SMILES string of the molecule is CC(C)(C)OC(=O)N1CCO[C@@H]([C@@H](O)CO)[C@H](c2ccc(Cl)c(Cl)c2)C1. The van der Waals surface area contributed by atoms with Gasteiger partial charge in [-0.15, -0.1) is 0 Å². The van der Waals surface area contributed by atoms with Crippen LogP contribution < -0.4 is 0 Å². The molecule has 1 aliphatic rings. The molecule has 146 valence electrons. The van der Waals surface area contributed by atoms with Crippen molar-refractivity contribution in [2.75, 3.05) is 26.3 Å². The molecule has 1 fully saturated rings. The summed E-state index contributed by atoms with van der Waals surface area (Å²) in [6, 6.07) is 5.12. The summed E-state index contributed by atoms with van der Waals surface area (Å²) in [7, 11) is 0. The number of amides is 1. The Morgan fingerprint density at radius 1 is 1.38 bits per heavy atom. The first kappa shape index (κ1) is 21.3. The Kier molecular flexibility index (Phi) is 7.16. The minimum Gasteiger partial charge on any atom is -0.444 e. The van der Waals surface area contributed by atoms with Crippen LogP contribution in [-0.2, 0) is 9.47 Å². The summed E-state index contributed by atoms with van der Waals surface area (Å²) < 4.78 is 11.2. The third-order valence-corrected chi connectivity index (χ3v) is 4.81. The number of aliphatic hydroxyl groups is 2. The number of hydrogen-bond acceptors (Lipinski definition) is 5. The number of nitrogens with zero attached hydrogens (tertiary/aromatic N) is 1. The molecule has 0 aliphatic carbocycles. The molecule has 26 heavy (non-hydrogen) atoms. The van der Waals surface area contributed by atoms with Gasteiger partial charge in [-0.2, -0.15) is 0 Å². The fraction of sp³-hybridized carbons (Fsp3) is 0.611. The van der Waals surface area contributed by atoms with Gasteiger partial charge in [-0.05, 0) is 38.5 Å². The van der Waals surface area contributed by atoms with Gasteiger partial charge in [0.2, 0.25) is 0 Å².